The van der Waals surface area contributed by atoms with Gasteiger partial charge >= 0.3 is 0 Å². The highest BCUT2D eigenvalue weighted by Gasteiger charge is 2.44. The maximum atomic E-state index is 13.5. The van der Waals surface area contributed by atoms with Gasteiger partial charge in [0.2, 0.25) is 0 Å². The Labute approximate surface area is 170 Å². The quantitative estimate of drug-likeness (QED) is 0.749. The van der Waals surface area contributed by atoms with E-state index in [-0.39, 0.29) is 24.0 Å². The summed E-state index contributed by atoms with van der Waals surface area (Å²) in [4.78, 5) is 30.3. The minimum Gasteiger partial charge on any atom is -0.496 e. The summed E-state index contributed by atoms with van der Waals surface area (Å²) in [5, 5.41) is 0. The Morgan fingerprint density at radius 3 is 2.17 bits per heavy atom. The molecule has 4 rings (SSSR count). The van der Waals surface area contributed by atoms with Crippen LogP contribution < -0.4 is 9.64 Å². The smallest absolute Gasteiger partial charge is 0.282 e. The Morgan fingerprint density at radius 2 is 1.52 bits per heavy atom. The van der Waals surface area contributed by atoms with Gasteiger partial charge in [0.05, 0.1) is 30.6 Å². The van der Waals surface area contributed by atoms with Crippen molar-refractivity contribution in [1.29, 1.82) is 0 Å². The molecule has 6 heteroatoms. The third-order valence-corrected chi connectivity index (χ3v) is 5.19. The minimum atomic E-state index is -0.340. The van der Waals surface area contributed by atoms with Gasteiger partial charge in [-0.05, 0) is 32.0 Å². The second-order valence-electron chi connectivity index (χ2n) is 7.37. The number of amides is 2. The lowest BCUT2D eigenvalue weighted by Gasteiger charge is -2.37. The van der Waals surface area contributed by atoms with E-state index >= 15 is 0 Å². The number of morpholine rings is 1. The first-order valence-corrected chi connectivity index (χ1v) is 9.73. The number of methoxy groups -OCH3 is 1. The van der Waals surface area contributed by atoms with Crippen LogP contribution in [0.3, 0.4) is 0 Å². The summed E-state index contributed by atoms with van der Waals surface area (Å²) in [6.45, 7) is 5.03. The van der Waals surface area contributed by atoms with Crippen LogP contribution in [0.25, 0.3) is 5.57 Å². The number of carbonyl (C=O) groups excluding carboxylic acids is 2. The fraction of sp³-hybridized carbons (Fsp3) is 0.304. The van der Waals surface area contributed by atoms with Gasteiger partial charge in [0.25, 0.3) is 11.8 Å². The number of rotatable bonds is 4. The van der Waals surface area contributed by atoms with Crippen LogP contribution in [0.4, 0.5) is 5.69 Å². The molecule has 0 bridgehead atoms. The normalized spacial score (nSPS) is 22.4. The molecule has 29 heavy (non-hydrogen) atoms. The lowest BCUT2D eigenvalue weighted by molar-refractivity contribution is -0.121. The molecule has 0 aliphatic carbocycles. The molecule has 2 aliphatic rings. The Morgan fingerprint density at radius 1 is 0.897 bits per heavy atom. The van der Waals surface area contributed by atoms with E-state index in [2.05, 4.69) is 0 Å². The van der Waals surface area contributed by atoms with E-state index in [1.54, 1.807) is 25.3 Å². The van der Waals surface area contributed by atoms with Crippen LogP contribution in [-0.4, -0.2) is 49.1 Å². The molecule has 6 nitrogen and oxygen atoms in total. The fourth-order valence-electron chi connectivity index (χ4n) is 4.08. The van der Waals surface area contributed by atoms with Crippen molar-refractivity contribution in [3.8, 4) is 5.75 Å². The van der Waals surface area contributed by atoms with E-state index < -0.39 is 0 Å². The van der Waals surface area contributed by atoms with Crippen LogP contribution in [0, 0.1) is 0 Å². The number of benzene rings is 2. The first-order valence-electron chi connectivity index (χ1n) is 9.73. The molecule has 2 aliphatic heterocycles. The second kappa shape index (κ2) is 7.72. The van der Waals surface area contributed by atoms with E-state index in [4.69, 9.17) is 9.47 Å². The Balaban J connectivity index is 1.88. The first kappa shape index (κ1) is 19.2. The third-order valence-electron chi connectivity index (χ3n) is 5.19. The van der Waals surface area contributed by atoms with Crippen LogP contribution >= 0.6 is 0 Å². The van der Waals surface area contributed by atoms with Crippen molar-refractivity contribution < 1.29 is 19.1 Å². The molecule has 0 radical (unpaired) electrons. The molecule has 2 unspecified atom stereocenters. The van der Waals surface area contributed by atoms with Gasteiger partial charge in [0, 0.05) is 18.7 Å². The molecule has 1 saturated heterocycles. The molecule has 150 valence electrons. The molecule has 0 N–H and O–H groups in total. The second-order valence-corrected chi connectivity index (χ2v) is 7.37. The van der Waals surface area contributed by atoms with Crippen molar-refractivity contribution in [2.45, 2.75) is 26.1 Å². The van der Waals surface area contributed by atoms with Crippen LogP contribution in [0.2, 0.25) is 0 Å². The maximum absolute atomic E-state index is 13.5. The number of para-hydroxylation sites is 2. The zero-order valence-electron chi connectivity index (χ0n) is 16.8. The number of imide groups is 1. The Bertz CT molecular complexity index is 960. The van der Waals surface area contributed by atoms with Gasteiger partial charge in [-0.15, -0.1) is 0 Å². The third kappa shape index (κ3) is 3.40. The zero-order valence-corrected chi connectivity index (χ0v) is 16.8. The fourth-order valence-corrected chi connectivity index (χ4v) is 4.08. The van der Waals surface area contributed by atoms with Crippen molar-refractivity contribution in [1.82, 2.24) is 4.90 Å². The van der Waals surface area contributed by atoms with E-state index in [1.807, 2.05) is 55.1 Å². The predicted octanol–water partition coefficient (Wildman–Crippen LogP) is 3.09. The lowest BCUT2D eigenvalue weighted by Crippen LogP contribution is -2.47. The minimum absolute atomic E-state index is 0.0427. The lowest BCUT2D eigenvalue weighted by atomic mass is 10.0. The number of hydrogen-bond donors (Lipinski definition) is 0. The standard InChI is InChI=1S/C23H24N2O4/c1-15-13-24(14-16(2)29-15)21-20(18-11-7-8-12-19(18)28-3)22(26)25(23(21)27)17-9-5-4-6-10-17/h4-12,15-16H,13-14H2,1-3H3. The maximum Gasteiger partial charge on any atom is 0.282 e. The molecule has 2 atom stereocenters. The topological polar surface area (TPSA) is 59.1 Å². The molecule has 2 heterocycles. The van der Waals surface area contributed by atoms with E-state index in [9.17, 15) is 9.59 Å². The Hall–Kier alpha value is -3.12. The van der Waals surface area contributed by atoms with Crippen LogP contribution in [0.15, 0.2) is 60.3 Å². The van der Waals surface area contributed by atoms with Gasteiger partial charge in [-0.1, -0.05) is 36.4 Å². The molecule has 0 spiro atoms. The van der Waals surface area contributed by atoms with E-state index in [0.29, 0.717) is 41.4 Å². The predicted molar refractivity (Wildman–Crippen MR) is 110 cm³/mol. The van der Waals surface area contributed by atoms with Crippen LogP contribution in [0.5, 0.6) is 5.75 Å². The summed E-state index contributed by atoms with van der Waals surface area (Å²) in [5.74, 6) is -0.0960. The molecule has 2 aromatic rings. The summed E-state index contributed by atoms with van der Waals surface area (Å²) in [7, 11) is 1.56. The van der Waals surface area contributed by atoms with Crippen molar-refractivity contribution >= 4 is 23.1 Å². The first-order chi connectivity index (χ1) is 14.0. The van der Waals surface area contributed by atoms with Crippen molar-refractivity contribution in [2.75, 3.05) is 25.1 Å². The molecule has 0 saturated carbocycles. The van der Waals surface area contributed by atoms with Gasteiger partial charge in [-0.3, -0.25) is 9.59 Å². The van der Waals surface area contributed by atoms with Crippen LogP contribution in [0.1, 0.15) is 19.4 Å². The number of carbonyl (C=O) groups is 2. The Kier molecular flexibility index (Phi) is 5.11. The van der Waals surface area contributed by atoms with Gasteiger partial charge < -0.3 is 14.4 Å². The average Bonchev–Trinajstić information content (AvgIpc) is 2.98. The van der Waals surface area contributed by atoms with E-state index in [0.717, 1.165) is 0 Å². The van der Waals surface area contributed by atoms with Crippen LogP contribution in [-0.2, 0) is 14.3 Å². The van der Waals surface area contributed by atoms with Gasteiger partial charge in [0.1, 0.15) is 11.4 Å². The summed E-state index contributed by atoms with van der Waals surface area (Å²) < 4.78 is 11.3. The highest BCUT2D eigenvalue weighted by atomic mass is 16.5. The molecule has 1 fully saturated rings. The number of nitrogens with zero attached hydrogens (tertiary/aromatic N) is 2. The van der Waals surface area contributed by atoms with Crippen molar-refractivity contribution in [3.05, 3.63) is 65.9 Å². The average molecular weight is 392 g/mol. The number of hydrogen-bond acceptors (Lipinski definition) is 5. The highest BCUT2D eigenvalue weighted by Crippen LogP contribution is 2.38. The highest BCUT2D eigenvalue weighted by molar-refractivity contribution is 6.45. The van der Waals surface area contributed by atoms with Gasteiger partial charge in [0.15, 0.2) is 0 Å². The van der Waals surface area contributed by atoms with Gasteiger partial charge in [-0.25, -0.2) is 4.90 Å². The summed E-state index contributed by atoms with van der Waals surface area (Å²) in [5.41, 5.74) is 1.95. The molecule has 2 amide bonds. The summed E-state index contributed by atoms with van der Waals surface area (Å²) >= 11 is 0. The van der Waals surface area contributed by atoms with Gasteiger partial charge in [-0.2, -0.15) is 0 Å². The molecular weight excluding hydrogens is 368 g/mol. The summed E-state index contributed by atoms with van der Waals surface area (Å²) in [6, 6.07) is 16.3. The zero-order chi connectivity index (χ0) is 20.5. The molecule has 2 aromatic carbocycles. The number of anilines is 1. The largest absolute Gasteiger partial charge is 0.496 e. The monoisotopic (exact) mass is 392 g/mol. The molecule has 0 aromatic heterocycles. The molecular formula is C23H24N2O4. The van der Waals surface area contributed by atoms with Crippen molar-refractivity contribution in [2.24, 2.45) is 0 Å². The SMILES string of the molecule is COc1ccccc1C1=C(N2CC(C)OC(C)C2)C(=O)N(c2ccccc2)C1=O. The number of ether oxygens (including phenoxy) is 2. The van der Waals surface area contributed by atoms with Crippen molar-refractivity contribution in [3.63, 3.8) is 0 Å². The van der Waals surface area contributed by atoms with E-state index in [1.165, 1.54) is 4.90 Å². The summed E-state index contributed by atoms with van der Waals surface area (Å²) in [6.07, 6.45) is -0.0855.